The van der Waals surface area contributed by atoms with Gasteiger partial charge in [0.05, 0.1) is 18.0 Å². The summed E-state index contributed by atoms with van der Waals surface area (Å²) in [6, 6.07) is 6.46. The van der Waals surface area contributed by atoms with Crippen molar-refractivity contribution in [1.82, 2.24) is 14.5 Å². The van der Waals surface area contributed by atoms with Crippen molar-refractivity contribution in [2.24, 2.45) is 5.92 Å². The highest BCUT2D eigenvalue weighted by atomic mass is 32.2. The van der Waals surface area contributed by atoms with E-state index in [2.05, 4.69) is 17.1 Å². The number of piperazine rings is 1. The topological polar surface area (TPSA) is 79.0 Å². The summed E-state index contributed by atoms with van der Waals surface area (Å²) in [5.74, 6) is 1.20. The molecular formula is C21H33N3O4S. The fourth-order valence-corrected chi connectivity index (χ4v) is 5.65. The molecule has 0 unspecified atom stereocenters. The Labute approximate surface area is 174 Å². The second-order valence-electron chi connectivity index (χ2n) is 8.17. The lowest BCUT2D eigenvalue weighted by Crippen LogP contribution is -2.56. The quantitative estimate of drug-likeness (QED) is 0.758. The molecule has 1 N–H and O–H groups in total. The molecule has 2 aliphatic rings. The molecule has 1 saturated carbocycles. The van der Waals surface area contributed by atoms with Gasteiger partial charge in [0.25, 0.3) is 0 Å². The lowest BCUT2D eigenvalue weighted by molar-refractivity contribution is -0.127. The number of hydrogen-bond acceptors (Lipinski definition) is 5. The largest absolute Gasteiger partial charge is 0.497 e. The van der Waals surface area contributed by atoms with Crippen LogP contribution in [0.4, 0.5) is 0 Å². The lowest BCUT2D eigenvalue weighted by atomic mass is 9.86. The van der Waals surface area contributed by atoms with E-state index in [0.29, 0.717) is 37.8 Å². The molecule has 0 radical (unpaired) electrons. The fourth-order valence-electron chi connectivity index (χ4n) is 4.23. The molecule has 0 aromatic heterocycles. The molecule has 1 aliphatic carbocycles. The Morgan fingerprint density at radius 2 is 1.72 bits per heavy atom. The standard InChI is InChI=1S/C21H33N3O4S/c1-16-6-4-5-7-20(16)22-21(25)17(2)23-12-14-24(15-13-23)29(26,27)19-10-8-18(28-3)9-11-19/h8-11,16-17,20H,4-7,12-15H2,1-3H3,(H,22,25)/t16-,17-,20+/m1/s1. The molecule has 1 aromatic rings. The Bertz CT molecular complexity index is 789. The fraction of sp³-hybridized carbons (Fsp3) is 0.667. The molecule has 1 aromatic carbocycles. The summed E-state index contributed by atoms with van der Waals surface area (Å²) in [5.41, 5.74) is 0. The van der Waals surface area contributed by atoms with Gasteiger partial charge in [0.1, 0.15) is 5.75 Å². The van der Waals surface area contributed by atoms with Gasteiger partial charge >= 0.3 is 0 Å². The summed E-state index contributed by atoms with van der Waals surface area (Å²) >= 11 is 0. The van der Waals surface area contributed by atoms with Crippen molar-refractivity contribution in [1.29, 1.82) is 0 Å². The molecule has 0 bridgehead atoms. The number of sulfonamides is 1. The SMILES string of the molecule is COc1ccc(S(=O)(=O)N2CCN([C@H](C)C(=O)N[C@H]3CCCC[C@H]3C)CC2)cc1. The molecule has 1 amide bonds. The molecule has 7 nitrogen and oxygen atoms in total. The van der Waals surface area contributed by atoms with Crippen LogP contribution in [0.1, 0.15) is 39.5 Å². The Morgan fingerprint density at radius 1 is 1.10 bits per heavy atom. The van der Waals surface area contributed by atoms with Gasteiger partial charge in [0.2, 0.25) is 15.9 Å². The summed E-state index contributed by atoms with van der Waals surface area (Å²) in [6.07, 6.45) is 4.63. The molecule has 1 aliphatic heterocycles. The monoisotopic (exact) mass is 423 g/mol. The molecule has 0 spiro atoms. The molecule has 162 valence electrons. The first kappa shape index (κ1) is 22.1. The second kappa shape index (κ2) is 9.45. The minimum atomic E-state index is -3.54. The minimum Gasteiger partial charge on any atom is -0.497 e. The van der Waals surface area contributed by atoms with Crippen LogP contribution in [0.15, 0.2) is 29.2 Å². The summed E-state index contributed by atoms with van der Waals surface area (Å²) in [4.78, 5) is 15.1. The van der Waals surface area contributed by atoms with E-state index in [1.165, 1.54) is 23.6 Å². The zero-order valence-electron chi connectivity index (χ0n) is 17.6. The van der Waals surface area contributed by atoms with E-state index in [0.717, 1.165) is 6.42 Å². The lowest BCUT2D eigenvalue weighted by Gasteiger charge is -2.38. The van der Waals surface area contributed by atoms with Crippen LogP contribution >= 0.6 is 0 Å². The number of carbonyl (C=O) groups is 1. The molecule has 2 fully saturated rings. The maximum atomic E-state index is 12.9. The van der Waals surface area contributed by atoms with E-state index in [1.54, 1.807) is 31.4 Å². The summed E-state index contributed by atoms with van der Waals surface area (Å²) < 4.78 is 32.4. The smallest absolute Gasteiger partial charge is 0.243 e. The van der Waals surface area contributed by atoms with Crippen LogP contribution in [0, 0.1) is 5.92 Å². The van der Waals surface area contributed by atoms with E-state index >= 15 is 0 Å². The number of nitrogens with zero attached hydrogens (tertiary/aromatic N) is 2. The maximum Gasteiger partial charge on any atom is 0.243 e. The van der Waals surface area contributed by atoms with Gasteiger partial charge in [-0.3, -0.25) is 9.69 Å². The number of methoxy groups -OCH3 is 1. The van der Waals surface area contributed by atoms with Gasteiger partial charge in [-0.15, -0.1) is 0 Å². The van der Waals surface area contributed by atoms with Crippen LogP contribution in [0.2, 0.25) is 0 Å². The molecule has 3 rings (SSSR count). The highest BCUT2D eigenvalue weighted by molar-refractivity contribution is 7.89. The number of hydrogen-bond donors (Lipinski definition) is 1. The molecule has 8 heteroatoms. The van der Waals surface area contributed by atoms with Gasteiger partial charge in [-0.1, -0.05) is 19.8 Å². The van der Waals surface area contributed by atoms with E-state index in [-0.39, 0.29) is 22.9 Å². The first-order chi connectivity index (χ1) is 13.8. The van der Waals surface area contributed by atoms with Crippen LogP contribution in [-0.4, -0.2) is 68.9 Å². The van der Waals surface area contributed by atoms with Gasteiger partial charge in [-0.05, 0) is 49.9 Å². The predicted molar refractivity (Wildman–Crippen MR) is 112 cm³/mol. The normalized spacial score (nSPS) is 25.3. The van der Waals surface area contributed by atoms with Gasteiger partial charge in [-0.25, -0.2) is 8.42 Å². The maximum absolute atomic E-state index is 12.9. The first-order valence-electron chi connectivity index (χ1n) is 10.5. The van der Waals surface area contributed by atoms with E-state index in [4.69, 9.17) is 4.74 Å². The van der Waals surface area contributed by atoms with Crippen molar-refractivity contribution in [3.8, 4) is 5.75 Å². The Balaban J connectivity index is 1.55. The van der Waals surface area contributed by atoms with Crippen molar-refractivity contribution >= 4 is 15.9 Å². The number of ether oxygens (including phenoxy) is 1. The first-order valence-corrected chi connectivity index (χ1v) is 12.0. The van der Waals surface area contributed by atoms with E-state index in [1.807, 2.05) is 6.92 Å². The summed E-state index contributed by atoms with van der Waals surface area (Å²) in [7, 11) is -1.99. The van der Waals surface area contributed by atoms with Crippen LogP contribution in [0.25, 0.3) is 0 Å². The third-order valence-electron chi connectivity index (χ3n) is 6.34. The van der Waals surface area contributed by atoms with Gasteiger partial charge in [0, 0.05) is 32.2 Å². The van der Waals surface area contributed by atoms with Crippen molar-refractivity contribution < 1.29 is 17.9 Å². The van der Waals surface area contributed by atoms with Gasteiger partial charge in [-0.2, -0.15) is 4.31 Å². The highest BCUT2D eigenvalue weighted by Gasteiger charge is 2.33. The molecule has 3 atom stereocenters. The van der Waals surface area contributed by atoms with Crippen molar-refractivity contribution in [3.05, 3.63) is 24.3 Å². The number of benzene rings is 1. The van der Waals surface area contributed by atoms with Crippen molar-refractivity contribution in [2.75, 3.05) is 33.3 Å². The zero-order valence-corrected chi connectivity index (χ0v) is 18.5. The highest BCUT2D eigenvalue weighted by Crippen LogP contribution is 2.24. The number of carbonyl (C=O) groups excluding carboxylic acids is 1. The third-order valence-corrected chi connectivity index (χ3v) is 8.25. The second-order valence-corrected chi connectivity index (χ2v) is 10.1. The van der Waals surface area contributed by atoms with Gasteiger partial charge < -0.3 is 10.1 Å². The molecular weight excluding hydrogens is 390 g/mol. The van der Waals surface area contributed by atoms with Crippen molar-refractivity contribution in [3.63, 3.8) is 0 Å². The van der Waals surface area contributed by atoms with Crippen LogP contribution < -0.4 is 10.1 Å². The molecule has 1 heterocycles. The number of rotatable bonds is 6. The van der Waals surface area contributed by atoms with Gasteiger partial charge in [0.15, 0.2) is 0 Å². The Kier molecular flexibility index (Phi) is 7.19. The van der Waals surface area contributed by atoms with E-state index < -0.39 is 10.0 Å². The number of amides is 1. The van der Waals surface area contributed by atoms with E-state index in [9.17, 15) is 13.2 Å². The molecule has 1 saturated heterocycles. The summed E-state index contributed by atoms with van der Waals surface area (Å²) in [6.45, 7) is 5.97. The third kappa shape index (κ3) is 5.10. The average molecular weight is 424 g/mol. The number of nitrogens with one attached hydrogen (secondary N) is 1. The van der Waals surface area contributed by atoms with Crippen LogP contribution in [-0.2, 0) is 14.8 Å². The van der Waals surface area contributed by atoms with Crippen LogP contribution in [0.3, 0.4) is 0 Å². The van der Waals surface area contributed by atoms with Crippen molar-refractivity contribution in [2.45, 2.75) is 56.5 Å². The molecule has 29 heavy (non-hydrogen) atoms. The summed E-state index contributed by atoms with van der Waals surface area (Å²) in [5, 5.41) is 3.22. The Hall–Kier alpha value is -1.64. The minimum absolute atomic E-state index is 0.0511. The predicted octanol–water partition coefficient (Wildman–Crippen LogP) is 2.08. The average Bonchev–Trinajstić information content (AvgIpc) is 2.75. The zero-order chi connectivity index (χ0) is 21.0. The van der Waals surface area contributed by atoms with Crippen LogP contribution in [0.5, 0.6) is 5.75 Å². The Morgan fingerprint density at radius 3 is 2.31 bits per heavy atom.